The lowest BCUT2D eigenvalue weighted by atomic mass is 10.2. The molecule has 3 nitrogen and oxygen atoms in total. The standard InChI is InChI=1S/C16H14Cl2N2O/c1-2-3-8-21-14-7-6-12-16(20-14)15(18)11-5-4-10(17)9-13(11)19-12/h4-7,9H,2-3,8H2,1H3. The predicted octanol–water partition coefficient (Wildman–Crippen LogP) is 5.27. The van der Waals surface area contributed by atoms with Gasteiger partial charge in [-0.1, -0.05) is 36.5 Å². The van der Waals surface area contributed by atoms with Gasteiger partial charge in [-0.15, -0.1) is 0 Å². The maximum Gasteiger partial charge on any atom is 0.213 e. The van der Waals surface area contributed by atoms with Crippen LogP contribution < -0.4 is 4.74 Å². The van der Waals surface area contributed by atoms with Crippen LogP contribution >= 0.6 is 23.2 Å². The summed E-state index contributed by atoms with van der Waals surface area (Å²) in [5, 5.41) is 2.05. The summed E-state index contributed by atoms with van der Waals surface area (Å²) < 4.78 is 5.62. The van der Waals surface area contributed by atoms with Crippen molar-refractivity contribution in [3.05, 3.63) is 40.4 Å². The molecule has 108 valence electrons. The Labute approximate surface area is 132 Å². The van der Waals surface area contributed by atoms with Crippen LogP contribution in [0.5, 0.6) is 5.88 Å². The van der Waals surface area contributed by atoms with Crippen LogP contribution in [0.15, 0.2) is 30.3 Å². The van der Waals surface area contributed by atoms with Crippen LogP contribution in [-0.2, 0) is 0 Å². The van der Waals surface area contributed by atoms with Crippen molar-refractivity contribution in [3.63, 3.8) is 0 Å². The number of fused-ring (bicyclic) bond motifs is 2. The molecule has 0 amide bonds. The van der Waals surface area contributed by atoms with Crippen LogP contribution in [0, 0.1) is 0 Å². The first-order valence-electron chi connectivity index (χ1n) is 6.87. The first-order valence-corrected chi connectivity index (χ1v) is 7.63. The van der Waals surface area contributed by atoms with Gasteiger partial charge >= 0.3 is 0 Å². The number of hydrogen-bond donors (Lipinski definition) is 0. The molecule has 5 heteroatoms. The maximum absolute atomic E-state index is 6.46. The highest BCUT2D eigenvalue weighted by Crippen LogP contribution is 2.31. The number of aromatic nitrogens is 2. The van der Waals surface area contributed by atoms with Crippen molar-refractivity contribution in [1.82, 2.24) is 9.97 Å². The van der Waals surface area contributed by atoms with Crippen molar-refractivity contribution in [2.24, 2.45) is 0 Å². The first-order chi connectivity index (χ1) is 10.2. The maximum atomic E-state index is 6.46. The van der Waals surface area contributed by atoms with Gasteiger partial charge in [0.1, 0.15) is 5.52 Å². The Morgan fingerprint density at radius 1 is 1.05 bits per heavy atom. The molecule has 1 aromatic carbocycles. The van der Waals surface area contributed by atoms with E-state index in [-0.39, 0.29) is 0 Å². The quantitative estimate of drug-likeness (QED) is 0.485. The molecule has 21 heavy (non-hydrogen) atoms. The number of hydrogen-bond acceptors (Lipinski definition) is 3. The van der Waals surface area contributed by atoms with Crippen molar-refractivity contribution in [2.45, 2.75) is 19.8 Å². The minimum Gasteiger partial charge on any atom is -0.478 e. The zero-order valence-electron chi connectivity index (χ0n) is 11.6. The van der Waals surface area contributed by atoms with Gasteiger partial charge in [-0.2, -0.15) is 0 Å². The second kappa shape index (κ2) is 6.04. The van der Waals surface area contributed by atoms with Gasteiger partial charge in [0.05, 0.1) is 22.7 Å². The summed E-state index contributed by atoms with van der Waals surface area (Å²) in [7, 11) is 0. The fraction of sp³-hybridized carbons (Fsp3) is 0.250. The number of rotatable bonds is 4. The van der Waals surface area contributed by atoms with E-state index in [0.29, 0.717) is 28.0 Å². The summed E-state index contributed by atoms with van der Waals surface area (Å²) >= 11 is 12.5. The summed E-state index contributed by atoms with van der Waals surface area (Å²) in [4.78, 5) is 9.02. The fourth-order valence-corrected chi connectivity index (χ4v) is 2.59. The lowest BCUT2D eigenvalue weighted by molar-refractivity contribution is 0.299. The van der Waals surface area contributed by atoms with E-state index in [4.69, 9.17) is 27.9 Å². The Hall–Kier alpha value is -1.58. The number of pyridine rings is 2. The lowest BCUT2D eigenvalue weighted by Gasteiger charge is -2.08. The molecular formula is C16H14Cl2N2O. The summed E-state index contributed by atoms with van der Waals surface area (Å²) in [6.45, 7) is 2.78. The molecule has 0 bridgehead atoms. The summed E-state index contributed by atoms with van der Waals surface area (Å²) in [6, 6.07) is 9.14. The van der Waals surface area contributed by atoms with E-state index in [1.807, 2.05) is 18.2 Å². The van der Waals surface area contributed by atoms with Crippen LogP contribution in [0.2, 0.25) is 10.0 Å². The molecule has 0 radical (unpaired) electrons. The van der Waals surface area contributed by atoms with Crippen molar-refractivity contribution >= 4 is 45.1 Å². The van der Waals surface area contributed by atoms with E-state index in [1.165, 1.54) is 0 Å². The Balaban J connectivity index is 2.10. The largest absolute Gasteiger partial charge is 0.478 e. The number of unbranched alkanes of at least 4 members (excludes halogenated alkanes) is 1. The van der Waals surface area contributed by atoms with Gasteiger partial charge in [-0.3, -0.25) is 0 Å². The highest BCUT2D eigenvalue weighted by Gasteiger charge is 2.10. The van der Waals surface area contributed by atoms with E-state index >= 15 is 0 Å². The van der Waals surface area contributed by atoms with Crippen LogP contribution in [0.3, 0.4) is 0 Å². The molecule has 0 N–H and O–H groups in total. The van der Waals surface area contributed by atoms with Gasteiger partial charge in [-0.05, 0) is 30.7 Å². The van der Waals surface area contributed by atoms with E-state index in [0.717, 1.165) is 29.3 Å². The molecule has 0 saturated heterocycles. The Morgan fingerprint density at radius 3 is 2.71 bits per heavy atom. The van der Waals surface area contributed by atoms with Crippen molar-refractivity contribution in [1.29, 1.82) is 0 Å². The molecule has 0 saturated carbocycles. The van der Waals surface area contributed by atoms with Crippen molar-refractivity contribution in [2.75, 3.05) is 6.61 Å². The first kappa shape index (κ1) is 14.4. The Morgan fingerprint density at radius 2 is 1.90 bits per heavy atom. The average molecular weight is 321 g/mol. The lowest BCUT2D eigenvalue weighted by Crippen LogP contribution is -1.99. The van der Waals surface area contributed by atoms with Gasteiger partial charge < -0.3 is 4.74 Å². The molecule has 0 aliphatic heterocycles. The third kappa shape index (κ3) is 2.89. The topological polar surface area (TPSA) is 35.0 Å². The molecule has 0 spiro atoms. The van der Waals surface area contributed by atoms with E-state index in [2.05, 4.69) is 16.9 Å². The number of benzene rings is 1. The van der Waals surface area contributed by atoms with Crippen LogP contribution in [-0.4, -0.2) is 16.6 Å². The molecule has 3 rings (SSSR count). The smallest absolute Gasteiger partial charge is 0.213 e. The van der Waals surface area contributed by atoms with Crippen LogP contribution in [0.4, 0.5) is 0 Å². The second-order valence-corrected chi connectivity index (χ2v) is 5.62. The summed E-state index contributed by atoms with van der Waals surface area (Å²) in [5.41, 5.74) is 2.15. The van der Waals surface area contributed by atoms with Gasteiger partial charge in [0.15, 0.2) is 0 Å². The molecule has 0 aliphatic carbocycles. The van der Waals surface area contributed by atoms with E-state index in [1.54, 1.807) is 12.1 Å². The van der Waals surface area contributed by atoms with Gasteiger partial charge in [-0.25, -0.2) is 9.97 Å². The third-order valence-corrected chi connectivity index (χ3v) is 3.86. The minimum atomic E-state index is 0.576. The zero-order valence-corrected chi connectivity index (χ0v) is 13.1. The summed E-state index contributed by atoms with van der Waals surface area (Å²) in [6.07, 6.45) is 2.09. The van der Waals surface area contributed by atoms with Crippen molar-refractivity contribution in [3.8, 4) is 5.88 Å². The predicted molar refractivity (Wildman–Crippen MR) is 87.5 cm³/mol. The SMILES string of the molecule is CCCCOc1ccc2nc3cc(Cl)ccc3c(Cl)c2n1. The minimum absolute atomic E-state index is 0.576. The van der Waals surface area contributed by atoms with E-state index in [9.17, 15) is 0 Å². The monoisotopic (exact) mass is 320 g/mol. The molecule has 2 aromatic heterocycles. The summed E-state index contributed by atoms with van der Waals surface area (Å²) in [5.74, 6) is 0.577. The Kier molecular flexibility index (Phi) is 4.13. The van der Waals surface area contributed by atoms with E-state index < -0.39 is 0 Å². The molecule has 0 unspecified atom stereocenters. The second-order valence-electron chi connectivity index (χ2n) is 4.81. The average Bonchev–Trinajstić information content (AvgIpc) is 2.48. The molecular weight excluding hydrogens is 307 g/mol. The van der Waals surface area contributed by atoms with Crippen LogP contribution in [0.1, 0.15) is 19.8 Å². The van der Waals surface area contributed by atoms with Crippen molar-refractivity contribution < 1.29 is 4.74 Å². The molecule has 3 aromatic rings. The normalized spacial score (nSPS) is 11.2. The number of halogens is 2. The molecule has 2 heterocycles. The highest BCUT2D eigenvalue weighted by molar-refractivity contribution is 6.40. The Bertz CT molecular complexity index is 805. The highest BCUT2D eigenvalue weighted by atomic mass is 35.5. The van der Waals surface area contributed by atoms with Gasteiger partial charge in [0.2, 0.25) is 5.88 Å². The number of ether oxygens (including phenoxy) is 1. The zero-order chi connectivity index (χ0) is 14.8. The fourth-order valence-electron chi connectivity index (χ4n) is 2.13. The van der Waals surface area contributed by atoms with Gasteiger partial charge in [0.25, 0.3) is 0 Å². The molecule has 0 fully saturated rings. The molecule has 0 aliphatic rings. The van der Waals surface area contributed by atoms with Crippen LogP contribution in [0.25, 0.3) is 21.9 Å². The third-order valence-electron chi connectivity index (χ3n) is 3.24. The van der Waals surface area contributed by atoms with Gasteiger partial charge in [0, 0.05) is 16.5 Å². The molecule has 0 atom stereocenters. The number of nitrogens with zero attached hydrogens (tertiary/aromatic N) is 2.